The van der Waals surface area contributed by atoms with Crippen molar-refractivity contribution in [3.8, 4) is 16.9 Å². The van der Waals surface area contributed by atoms with Gasteiger partial charge < -0.3 is 5.11 Å². The quantitative estimate of drug-likeness (QED) is 0.320. The van der Waals surface area contributed by atoms with E-state index in [0.29, 0.717) is 16.1 Å². The topological polar surface area (TPSA) is 124 Å². The summed E-state index contributed by atoms with van der Waals surface area (Å²) in [5.74, 6) is -0.833. The third-order valence-electron chi connectivity index (χ3n) is 5.83. The lowest BCUT2D eigenvalue weighted by Crippen LogP contribution is -2.37. The molecule has 0 saturated carbocycles. The molecule has 1 amide bonds. The number of nitrogens with zero attached hydrogens (tertiary/aromatic N) is 4. The van der Waals surface area contributed by atoms with Gasteiger partial charge in [-0.2, -0.15) is 33.5 Å². The molecule has 3 aromatic rings. The fraction of sp³-hybridized carbons (Fsp3) is 0.200. The van der Waals surface area contributed by atoms with E-state index in [2.05, 4.69) is 15.3 Å². The van der Waals surface area contributed by atoms with E-state index >= 15 is 0 Å². The summed E-state index contributed by atoms with van der Waals surface area (Å²) in [7, 11) is -4.89. The molecule has 0 radical (unpaired) electrons. The van der Waals surface area contributed by atoms with E-state index in [1.165, 1.54) is 35.3 Å². The lowest BCUT2D eigenvalue weighted by Gasteiger charge is -2.14. The summed E-state index contributed by atoms with van der Waals surface area (Å²) in [5.41, 5.74) is 3.21. The maximum Gasteiger partial charge on any atom is 0.470 e. The van der Waals surface area contributed by atoms with Crippen molar-refractivity contribution in [3.05, 3.63) is 71.8 Å². The number of benzene rings is 3. The first-order valence-electron chi connectivity index (χ1n) is 11.2. The number of carbonyl (C=O) groups is 1. The molecule has 2 N–H and O–H groups in total. The molecular weight excluding hydrogens is 523 g/mol. The van der Waals surface area contributed by atoms with Crippen LogP contribution in [0.25, 0.3) is 11.1 Å². The number of para-hydroxylation sites is 1. The van der Waals surface area contributed by atoms with Gasteiger partial charge in [-0.15, -0.1) is 4.72 Å². The number of rotatable bonds is 6. The SMILES string of the molecule is CC1=NN(c2ccc(C)c(C)c2)C(=O)C1N=Nc1cccc(-c2cccc(S(=O)(=O)NC(F)(F)F)c2)c1O. The van der Waals surface area contributed by atoms with Gasteiger partial charge in [0.05, 0.1) is 16.3 Å². The molecule has 1 unspecified atom stereocenters. The lowest BCUT2D eigenvalue weighted by atomic mass is 10.0. The van der Waals surface area contributed by atoms with E-state index in [9.17, 15) is 31.5 Å². The minimum Gasteiger partial charge on any atom is -0.505 e. The van der Waals surface area contributed by atoms with Gasteiger partial charge in [-0.05, 0) is 67.8 Å². The summed E-state index contributed by atoms with van der Waals surface area (Å²) in [6, 6.07) is 13.4. The van der Waals surface area contributed by atoms with Crippen molar-refractivity contribution in [1.82, 2.24) is 4.72 Å². The maximum atomic E-state index is 13.0. The van der Waals surface area contributed by atoms with Crippen LogP contribution in [0.2, 0.25) is 0 Å². The first kappa shape index (κ1) is 26.9. The molecule has 0 aliphatic carbocycles. The van der Waals surface area contributed by atoms with Gasteiger partial charge in [0.1, 0.15) is 5.69 Å². The highest BCUT2D eigenvalue weighted by Gasteiger charge is 2.36. The lowest BCUT2D eigenvalue weighted by molar-refractivity contribution is -0.138. The largest absolute Gasteiger partial charge is 0.505 e. The standard InChI is InChI=1S/C25H22F3N5O4S/c1-14-10-11-18(12-15(14)2)33-24(35)22(16(3)31-33)30-29-21-9-5-8-20(23(21)34)17-6-4-7-19(13-17)38(36,37)32-25(26,27)28/h4-13,22,32,34H,1-3H3. The van der Waals surface area contributed by atoms with Gasteiger partial charge in [-0.1, -0.05) is 30.3 Å². The number of phenols is 1. The van der Waals surface area contributed by atoms with Crippen molar-refractivity contribution in [2.24, 2.45) is 15.3 Å². The van der Waals surface area contributed by atoms with Crippen molar-refractivity contribution in [3.63, 3.8) is 0 Å². The highest BCUT2D eigenvalue weighted by atomic mass is 32.2. The molecule has 0 aromatic heterocycles. The molecule has 1 aliphatic rings. The van der Waals surface area contributed by atoms with Crippen molar-refractivity contribution in [2.45, 2.75) is 38.0 Å². The zero-order valence-corrected chi connectivity index (χ0v) is 21.2. The molecule has 3 aromatic carbocycles. The van der Waals surface area contributed by atoms with Crippen LogP contribution in [0.4, 0.5) is 24.5 Å². The number of hydrogen-bond acceptors (Lipinski definition) is 7. The summed E-state index contributed by atoms with van der Waals surface area (Å²) >= 11 is 0. The zero-order valence-electron chi connectivity index (χ0n) is 20.4. The van der Waals surface area contributed by atoms with Gasteiger partial charge >= 0.3 is 6.30 Å². The Morgan fingerprint density at radius 2 is 1.71 bits per heavy atom. The van der Waals surface area contributed by atoms with Crippen LogP contribution in [0.1, 0.15) is 18.1 Å². The summed E-state index contributed by atoms with van der Waals surface area (Å²) in [6.07, 6.45) is -5.15. The summed E-state index contributed by atoms with van der Waals surface area (Å²) < 4.78 is 62.6. The molecule has 1 aliphatic heterocycles. The molecule has 38 heavy (non-hydrogen) atoms. The van der Waals surface area contributed by atoms with Gasteiger partial charge in [-0.25, -0.2) is 8.42 Å². The van der Waals surface area contributed by atoms with Gasteiger partial charge in [0.15, 0.2) is 11.8 Å². The van der Waals surface area contributed by atoms with Gasteiger partial charge in [0, 0.05) is 5.56 Å². The molecule has 1 heterocycles. The Kier molecular flexibility index (Phi) is 7.08. The molecule has 4 rings (SSSR count). The number of carbonyl (C=O) groups excluding carboxylic acids is 1. The summed E-state index contributed by atoms with van der Waals surface area (Å²) in [5, 5.41) is 24.4. The van der Waals surface area contributed by atoms with Crippen LogP contribution in [0.5, 0.6) is 5.75 Å². The molecule has 0 bridgehead atoms. The minimum absolute atomic E-state index is 0.0330. The second-order valence-electron chi connectivity index (χ2n) is 8.58. The fourth-order valence-corrected chi connectivity index (χ4v) is 4.70. The van der Waals surface area contributed by atoms with Crippen LogP contribution >= 0.6 is 0 Å². The van der Waals surface area contributed by atoms with Gasteiger partial charge in [0.2, 0.25) is 10.0 Å². The maximum absolute atomic E-state index is 13.0. The van der Waals surface area contributed by atoms with E-state index in [0.717, 1.165) is 23.3 Å². The van der Waals surface area contributed by atoms with E-state index in [1.54, 1.807) is 13.0 Å². The third-order valence-corrected chi connectivity index (χ3v) is 7.21. The molecule has 1 atom stereocenters. The monoisotopic (exact) mass is 545 g/mol. The van der Waals surface area contributed by atoms with Crippen molar-refractivity contribution < 1.29 is 31.5 Å². The average molecular weight is 546 g/mol. The second kappa shape index (κ2) is 9.99. The molecule has 0 spiro atoms. The van der Waals surface area contributed by atoms with E-state index in [-0.39, 0.29) is 16.8 Å². The Hall–Kier alpha value is -4.10. The number of amides is 1. The number of aromatic hydroxyl groups is 1. The first-order chi connectivity index (χ1) is 17.8. The van der Waals surface area contributed by atoms with Gasteiger partial charge in [0.25, 0.3) is 5.91 Å². The Morgan fingerprint density at radius 1 is 1.00 bits per heavy atom. The smallest absolute Gasteiger partial charge is 0.470 e. The second-order valence-corrected chi connectivity index (χ2v) is 10.3. The Morgan fingerprint density at radius 3 is 2.39 bits per heavy atom. The van der Waals surface area contributed by atoms with E-state index < -0.39 is 38.9 Å². The Bertz CT molecular complexity index is 1590. The average Bonchev–Trinajstić information content (AvgIpc) is 3.12. The van der Waals surface area contributed by atoms with Crippen LogP contribution < -0.4 is 9.73 Å². The van der Waals surface area contributed by atoms with Gasteiger partial charge in [-0.3, -0.25) is 4.79 Å². The molecule has 0 fully saturated rings. The molecule has 198 valence electrons. The predicted octanol–water partition coefficient (Wildman–Crippen LogP) is 5.35. The van der Waals surface area contributed by atoms with Crippen molar-refractivity contribution >= 4 is 33.0 Å². The van der Waals surface area contributed by atoms with Crippen LogP contribution in [-0.2, 0) is 14.8 Å². The number of anilines is 1. The minimum atomic E-state index is -5.15. The molecule has 9 nitrogen and oxygen atoms in total. The van der Waals surface area contributed by atoms with Crippen LogP contribution in [0, 0.1) is 13.8 Å². The number of hydrogen-bond donors (Lipinski definition) is 2. The molecular formula is C25H22F3N5O4S. The number of sulfonamides is 1. The molecule has 13 heteroatoms. The Balaban J connectivity index is 1.61. The number of aryl methyl sites for hydroxylation is 2. The number of phenolic OH excluding ortho intramolecular Hbond substituents is 1. The van der Waals surface area contributed by atoms with E-state index in [4.69, 9.17) is 0 Å². The highest BCUT2D eigenvalue weighted by Crippen LogP contribution is 2.38. The fourth-order valence-electron chi connectivity index (χ4n) is 3.74. The van der Waals surface area contributed by atoms with Crippen LogP contribution in [-0.4, -0.2) is 37.5 Å². The highest BCUT2D eigenvalue weighted by molar-refractivity contribution is 7.89. The first-order valence-corrected chi connectivity index (χ1v) is 12.7. The van der Waals surface area contributed by atoms with Crippen molar-refractivity contribution in [2.75, 3.05) is 5.01 Å². The number of halogens is 3. The predicted molar refractivity (Wildman–Crippen MR) is 135 cm³/mol. The Labute approximate surface area is 216 Å². The number of nitrogens with one attached hydrogen (secondary N) is 1. The number of azo groups is 1. The van der Waals surface area contributed by atoms with Crippen LogP contribution in [0.15, 0.2) is 80.9 Å². The van der Waals surface area contributed by atoms with E-state index in [1.807, 2.05) is 26.0 Å². The third kappa shape index (κ3) is 5.58. The summed E-state index contributed by atoms with van der Waals surface area (Å²) in [6.45, 7) is 5.49. The summed E-state index contributed by atoms with van der Waals surface area (Å²) in [4.78, 5) is 12.3. The zero-order chi connectivity index (χ0) is 27.8. The normalized spacial score (nSPS) is 16.4. The molecule has 0 saturated heterocycles. The number of hydrazone groups is 1. The van der Waals surface area contributed by atoms with Crippen molar-refractivity contribution in [1.29, 1.82) is 0 Å². The van der Waals surface area contributed by atoms with Crippen LogP contribution in [0.3, 0.4) is 0 Å². The number of alkyl halides is 3.